The Morgan fingerprint density at radius 3 is 2.77 bits per heavy atom. The van der Waals surface area contributed by atoms with Crippen molar-refractivity contribution in [3.63, 3.8) is 0 Å². The molecule has 1 aromatic carbocycles. The lowest BCUT2D eigenvalue weighted by Crippen LogP contribution is -2.25. The second-order valence-electron chi connectivity index (χ2n) is 5.93. The predicted molar refractivity (Wildman–Crippen MR) is 82.2 cm³/mol. The minimum atomic E-state index is -0.458. The number of rotatable bonds is 6. The molecule has 0 unspecified atom stereocenters. The van der Waals surface area contributed by atoms with Gasteiger partial charge in [-0.05, 0) is 30.7 Å². The zero-order valence-electron chi connectivity index (χ0n) is 12.5. The maximum absolute atomic E-state index is 11.8. The van der Waals surface area contributed by atoms with Crippen LogP contribution >= 0.6 is 0 Å². The lowest BCUT2D eigenvalue weighted by atomic mass is 10.0. The lowest BCUT2D eigenvalue weighted by Gasteiger charge is -2.20. The fourth-order valence-electron chi connectivity index (χ4n) is 2.73. The number of carbonyl (C=O) groups excluding carboxylic acids is 1. The van der Waals surface area contributed by atoms with E-state index in [0.717, 1.165) is 18.7 Å². The molecule has 2 aliphatic rings. The van der Waals surface area contributed by atoms with Crippen LogP contribution in [0.15, 0.2) is 18.2 Å². The minimum absolute atomic E-state index is 0.0307. The average Bonchev–Trinajstić information content (AvgIpc) is 3.18. The van der Waals surface area contributed by atoms with Gasteiger partial charge in [-0.2, -0.15) is 0 Å². The van der Waals surface area contributed by atoms with E-state index in [-0.39, 0.29) is 5.69 Å². The van der Waals surface area contributed by atoms with Gasteiger partial charge in [0.2, 0.25) is 0 Å². The van der Waals surface area contributed by atoms with Crippen molar-refractivity contribution in [3.8, 4) is 0 Å². The molecule has 1 aliphatic heterocycles. The molecule has 1 heterocycles. The number of nitro benzene ring substituents is 1. The van der Waals surface area contributed by atoms with Crippen LogP contribution in [0.1, 0.15) is 26.2 Å². The summed E-state index contributed by atoms with van der Waals surface area (Å²) in [7, 11) is 0. The third-order valence-electron chi connectivity index (χ3n) is 4.60. The largest absolute Gasteiger partial charge is 0.447 e. The van der Waals surface area contributed by atoms with E-state index >= 15 is 0 Å². The summed E-state index contributed by atoms with van der Waals surface area (Å²) in [5, 5.41) is 14.3. The molecule has 1 aromatic rings. The first-order chi connectivity index (χ1) is 10.5. The molecule has 22 heavy (non-hydrogen) atoms. The number of amides is 1. The third-order valence-corrected chi connectivity index (χ3v) is 4.60. The van der Waals surface area contributed by atoms with Crippen molar-refractivity contribution >= 4 is 23.2 Å². The van der Waals surface area contributed by atoms with Crippen molar-refractivity contribution in [2.24, 2.45) is 5.41 Å². The van der Waals surface area contributed by atoms with Crippen molar-refractivity contribution in [3.05, 3.63) is 28.3 Å². The molecule has 1 amide bonds. The van der Waals surface area contributed by atoms with Gasteiger partial charge >= 0.3 is 6.09 Å². The first-order valence-electron chi connectivity index (χ1n) is 7.51. The van der Waals surface area contributed by atoms with E-state index in [2.05, 4.69) is 12.2 Å². The number of nitrogens with one attached hydrogen (secondary N) is 1. The van der Waals surface area contributed by atoms with E-state index in [1.165, 1.54) is 29.9 Å². The molecular formula is C15H19N3O4. The Bertz CT molecular complexity index is 613. The molecule has 0 spiro atoms. The van der Waals surface area contributed by atoms with E-state index in [1.807, 2.05) is 0 Å². The van der Waals surface area contributed by atoms with Gasteiger partial charge in [0, 0.05) is 18.7 Å². The highest BCUT2D eigenvalue weighted by Gasteiger charge is 2.40. The second-order valence-corrected chi connectivity index (χ2v) is 5.93. The van der Waals surface area contributed by atoms with Crippen LogP contribution in [0.3, 0.4) is 0 Å². The van der Waals surface area contributed by atoms with Crippen molar-refractivity contribution in [1.82, 2.24) is 0 Å². The van der Waals surface area contributed by atoms with Crippen LogP contribution in [-0.4, -0.2) is 30.7 Å². The van der Waals surface area contributed by atoms with Crippen LogP contribution < -0.4 is 10.2 Å². The van der Waals surface area contributed by atoms with Gasteiger partial charge < -0.3 is 10.1 Å². The molecule has 0 atom stereocenters. The smallest absolute Gasteiger partial charge is 0.414 e. The summed E-state index contributed by atoms with van der Waals surface area (Å²) < 4.78 is 4.94. The Balaban J connectivity index is 1.87. The number of benzene rings is 1. The second kappa shape index (κ2) is 5.47. The SMILES string of the molecule is CCC1(CNc2ccc([N+](=O)[O-])cc2N2CCOC2=O)CC1. The van der Waals surface area contributed by atoms with Crippen LogP contribution in [0, 0.1) is 15.5 Å². The quantitative estimate of drug-likeness (QED) is 0.644. The molecule has 1 saturated carbocycles. The molecule has 3 rings (SSSR count). The van der Waals surface area contributed by atoms with Gasteiger partial charge in [0.1, 0.15) is 6.61 Å². The number of hydrogen-bond donors (Lipinski definition) is 1. The number of nitrogens with zero attached hydrogens (tertiary/aromatic N) is 2. The van der Waals surface area contributed by atoms with Gasteiger partial charge in [-0.25, -0.2) is 4.79 Å². The number of hydrogen-bond acceptors (Lipinski definition) is 5. The van der Waals surface area contributed by atoms with E-state index in [9.17, 15) is 14.9 Å². The van der Waals surface area contributed by atoms with Crippen molar-refractivity contribution in [2.75, 3.05) is 29.9 Å². The monoisotopic (exact) mass is 305 g/mol. The van der Waals surface area contributed by atoms with Crippen molar-refractivity contribution < 1.29 is 14.5 Å². The Hall–Kier alpha value is -2.31. The Labute approximate surface area is 128 Å². The Morgan fingerprint density at radius 1 is 1.45 bits per heavy atom. The van der Waals surface area contributed by atoms with Crippen LogP contribution in [0.5, 0.6) is 0 Å². The van der Waals surface area contributed by atoms with Crippen LogP contribution in [0.4, 0.5) is 21.9 Å². The van der Waals surface area contributed by atoms with Gasteiger partial charge in [-0.3, -0.25) is 15.0 Å². The fraction of sp³-hybridized carbons (Fsp3) is 0.533. The van der Waals surface area contributed by atoms with Crippen LogP contribution in [0.25, 0.3) is 0 Å². The molecular weight excluding hydrogens is 286 g/mol. The first kappa shape index (κ1) is 14.6. The average molecular weight is 305 g/mol. The molecule has 2 fully saturated rings. The Morgan fingerprint density at radius 2 is 2.23 bits per heavy atom. The third kappa shape index (κ3) is 2.70. The fourth-order valence-corrected chi connectivity index (χ4v) is 2.73. The summed E-state index contributed by atoms with van der Waals surface area (Å²) in [6.07, 6.45) is 3.05. The predicted octanol–water partition coefficient (Wildman–Crippen LogP) is 3.15. The number of anilines is 2. The molecule has 1 aliphatic carbocycles. The van der Waals surface area contributed by atoms with E-state index < -0.39 is 11.0 Å². The number of nitro groups is 1. The normalized spacial score (nSPS) is 19.0. The minimum Gasteiger partial charge on any atom is -0.447 e. The van der Waals surface area contributed by atoms with Gasteiger partial charge in [0.25, 0.3) is 5.69 Å². The highest BCUT2D eigenvalue weighted by Crippen LogP contribution is 2.48. The van der Waals surface area contributed by atoms with Gasteiger partial charge in [-0.15, -0.1) is 0 Å². The van der Waals surface area contributed by atoms with Gasteiger partial charge in [0.05, 0.1) is 22.8 Å². The summed E-state index contributed by atoms with van der Waals surface area (Å²) in [6, 6.07) is 4.56. The van der Waals surface area contributed by atoms with Gasteiger partial charge in [-0.1, -0.05) is 6.92 Å². The summed E-state index contributed by atoms with van der Waals surface area (Å²) in [6.45, 7) is 3.70. The molecule has 7 nitrogen and oxygen atoms in total. The number of cyclic esters (lactones) is 1. The highest BCUT2D eigenvalue weighted by atomic mass is 16.6. The number of ether oxygens (including phenoxy) is 1. The summed E-state index contributed by atoms with van der Waals surface area (Å²) in [4.78, 5) is 23.8. The molecule has 0 aromatic heterocycles. The van der Waals surface area contributed by atoms with Crippen LogP contribution in [-0.2, 0) is 4.74 Å². The van der Waals surface area contributed by atoms with Crippen LogP contribution in [0.2, 0.25) is 0 Å². The standard InChI is InChI=1S/C15H19N3O4/c1-2-15(5-6-15)10-16-12-4-3-11(18(20)21)9-13(12)17-7-8-22-14(17)19/h3-4,9,16H,2,5-8,10H2,1H3. The van der Waals surface area contributed by atoms with Crippen molar-refractivity contribution in [1.29, 1.82) is 0 Å². The summed E-state index contributed by atoms with van der Waals surface area (Å²) >= 11 is 0. The zero-order chi connectivity index (χ0) is 15.7. The maximum Gasteiger partial charge on any atom is 0.414 e. The molecule has 0 radical (unpaired) electrons. The molecule has 118 valence electrons. The molecule has 1 saturated heterocycles. The topological polar surface area (TPSA) is 84.7 Å². The summed E-state index contributed by atoms with van der Waals surface area (Å²) in [5.41, 5.74) is 1.56. The number of non-ortho nitro benzene ring substituents is 1. The number of carbonyl (C=O) groups is 1. The molecule has 1 N–H and O–H groups in total. The zero-order valence-corrected chi connectivity index (χ0v) is 12.5. The van der Waals surface area contributed by atoms with E-state index in [1.54, 1.807) is 6.07 Å². The first-order valence-corrected chi connectivity index (χ1v) is 7.51. The molecule has 0 bridgehead atoms. The van der Waals surface area contributed by atoms with E-state index in [4.69, 9.17) is 4.74 Å². The van der Waals surface area contributed by atoms with E-state index in [0.29, 0.717) is 24.3 Å². The van der Waals surface area contributed by atoms with Gasteiger partial charge in [0.15, 0.2) is 0 Å². The van der Waals surface area contributed by atoms with Crippen molar-refractivity contribution in [2.45, 2.75) is 26.2 Å². The maximum atomic E-state index is 11.8. The Kier molecular flexibility index (Phi) is 3.64. The molecule has 7 heteroatoms. The highest BCUT2D eigenvalue weighted by molar-refractivity contribution is 5.94. The summed E-state index contributed by atoms with van der Waals surface area (Å²) in [5.74, 6) is 0. The lowest BCUT2D eigenvalue weighted by molar-refractivity contribution is -0.384.